The van der Waals surface area contributed by atoms with Gasteiger partial charge in [-0.3, -0.25) is 4.79 Å². The molecule has 362 valence electrons. The summed E-state index contributed by atoms with van der Waals surface area (Å²) in [4.78, 5) is 14.4. The first-order chi connectivity index (χ1) is 30.9. The molecule has 2 aromatic carbocycles. The minimum Gasteiger partial charge on any atom is -0.508 e. The summed E-state index contributed by atoms with van der Waals surface area (Å²) in [6.45, 7) is -3.50. The molecule has 4 aliphatic rings. The number of aromatic hydroxyl groups is 2. The molecule has 26 nitrogen and oxygen atoms in total. The summed E-state index contributed by atoms with van der Waals surface area (Å²) in [5, 5.41) is 166. The Morgan fingerprint density at radius 1 is 0.492 bits per heavy atom. The van der Waals surface area contributed by atoms with E-state index in [1.807, 2.05) is 0 Å². The molecule has 65 heavy (non-hydrogen) atoms. The fraction of sp³-hybridized carbons (Fsp3) is 0.615. The monoisotopic (exact) mass is 934 g/mol. The highest BCUT2D eigenvalue weighted by Gasteiger charge is 2.53. The van der Waals surface area contributed by atoms with Crippen LogP contribution in [0.5, 0.6) is 23.0 Å². The number of aliphatic hydroxyl groups excluding tert-OH is 14. The number of hydrogen-bond acceptors (Lipinski definition) is 26. The van der Waals surface area contributed by atoms with Crippen molar-refractivity contribution >= 4 is 11.0 Å². The van der Waals surface area contributed by atoms with Gasteiger partial charge in [0.05, 0.1) is 26.4 Å². The van der Waals surface area contributed by atoms with Crippen LogP contribution < -0.4 is 14.9 Å². The third kappa shape index (κ3) is 9.49. The lowest BCUT2D eigenvalue weighted by molar-refractivity contribution is -0.358. The molecule has 0 radical (unpaired) electrons. The molecule has 20 unspecified atom stereocenters. The first-order valence-corrected chi connectivity index (χ1v) is 20.1. The Morgan fingerprint density at radius 3 is 1.49 bits per heavy atom. The van der Waals surface area contributed by atoms with Crippen LogP contribution in [0.2, 0.25) is 0 Å². The van der Waals surface area contributed by atoms with E-state index in [-0.39, 0.29) is 17.1 Å². The number of benzene rings is 2. The quantitative estimate of drug-likeness (QED) is 0.0757. The normalized spacial score (nSPS) is 40.2. The molecule has 20 atom stereocenters. The van der Waals surface area contributed by atoms with Gasteiger partial charge in [0.15, 0.2) is 24.4 Å². The van der Waals surface area contributed by atoms with Gasteiger partial charge in [-0.15, -0.1) is 0 Å². The van der Waals surface area contributed by atoms with Crippen LogP contribution in [-0.2, 0) is 28.4 Å². The lowest BCUT2D eigenvalue weighted by Gasteiger charge is -2.45. The predicted octanol–water partition coefficient (Wildman–Crippen LogP) is -7.12. The number of ether oxygens (including phenoxy) is 8. The van der Waals surface area contributed by atoms with Gasteiger partial charge in [-0.2, -0.15) is 0 Å². The van der Waals surface area contributed by atoms with Gasteiger partial charge in [0, 0.05) is 17.7 Å². The highest BCUT2D eigenvalue weighted by atomic mass is 16.8. The first kappa shape index (κ1) is 49.0. The third-order valence-corrected chi connectivity index (χ3v) is 11.4. The van der Waals surface area contributed by atoms with Crippen molar-refractivity contribution in [1.82, 2.24) is 0 Å². The molecule has 26 heteroatoms. The molecule has 4 aliphatic heterocycles. The summed E-state index contributed by atoms with van der Waals surface area (Å²) in [6.07, 6.45) is -36.5. The molecule has 4 saturated heterocycles. The smallest absolute Gasteiger partial charge is 0.239 e. The second-order valence-corrected chi connectivity index (χ2v) is 15.7. The molecule has 1 aromatic heterocycles. The molecule has 0 amide bonds. The van der Waals surface area contributed by atoms with Gasteiger partial charge >= 0.3 is 0 Å². The van der Waals surface area contributed by atoms with Gasteiger partial charge in [-0.1, -0.05) is 0 Å². The molecule has 3 aromatic rings. The van der Waals surface area contributed by atoms with E-state index in [0.717, 1.165) is 12.1 Å². The molecular formula is C39H50O26. The number of phenols is 2. The van der Waals surface area contributed by atoms with E-state index in [2.05, 4.69) is 0 Å². The fourth-order valence-corrected chi connectivity index (χ4v) is 7.77. The van der Waals surface area contributed by atoms with Crippen molar-refractivity contribution in [2.24, 2.45) is 0 Å². The number of aliphatic hydroxyl groups is 14. The summed E-state index contributed by atoms with van der Waals surface area (Å²) in [5.41, 5.74) is -1.56. The predicted molar refractivity (Wildman–Crippen MR) is 205 cm³/mol. The second-order valence-electron chi connectivity index (χ2n) is 15.7. The molecular weight excluding hydrogens is 884 g/mol. The SMILES string of the molecule is O=c1c(OC2OC(CO)C(O)C(O)C2OC2OC(CO)C(O)C(O)C2O)c(-c2ccc(O)cc2)oc2cc(OC3OC(CO)C(OC4OC(CO)C(O)C(O)C4O)C(O)C3O)cc(O)c12. The van der Waals surface area contributed by atoms with Gasteiger partial charge in [0.2, 0.25) is 23.8 Å². The number of fused-ring (bicyclic) bond motifs is 1. The number of hydrogen-bond donors (Lipinski definition) is 16. The second kappa shape index (κ2) is 20.1. The Morgan fingerprint density at radius 2 is 0.954 bits per heavy atom. The number of rotatable bonds is 13. The topological polar surface area (TPSA) is 428 Å². The van der Waals surface area contributed by atoms with Gasteiger partial charge in [0.25, 0.3) is 0 Å². The van der Waals surface area contributed by atoms with Crippen molar-refractivity contribution in [3.63, 3.8) is 0 Å². The molecule has 4 fully saturated rings. The van der Waals surface area contributed by atoms with Crippen LogP contribution in [0.4, 0.5) is 0 Å². The van der Waals surface area contributed by atoms with Crippen LogP contribution >= 0.6 is 0 Å². The van der Waals surface area contributed by atoms with Crippen LogP contribution in [-0.4, -0.2) is 231 Å². The number of phenolic OH excluding ortho intramolecular Hbond substituents is 2. The fourth-order valence-electron chi connectivity index (χ4n) is 7.77. The highest BCUT2D eigenvalue weighted by molar-refractivity contribution is 5.88. The molecule has 0 bridgehead atoms. The molecule has 5 heterocycles. The van der Waals surface area contributed by atoms with Crippen LogP contribution in [0.1, 0.15) is 0 Å². The zero-order valence-electron chi connectivity index (χ0n) is 33.6. The largest absolute Gasteiger partial charge is 0.508 e. The maximum atomic E-state index is 14.4. The lowest BCUT2D eigenvalue weighted by Crippen LogP contribution is -2.65. The van der Waals surface area contributed by atoms with Crippen molar-refractivity contribution in [1.29, 1.82) is 0 Å². The Hall–Kier alpha value is -3.95. The van der Waals surface area contributed by atoms with Crippen molar-refractivity contribution in [2.75, 3.05) is 26.4 Å². The Balaban J connectivity index is 1.20. The van der Waals surface area contributed by atoms with E-state index in [9.17, 15) is 86.5 Å². The standard InChI is InChI=1S/C39H50O26/c40-7-16-21(46)25(50)29(54)37(59-16)63-33-19(10-43)62-36(31(56)28(33)53)57-13-5-14(45)20-15(6-13)58-32(11-1-3-12(44)4-2-11)34(24(20)49)64-39-35(27(52)23(48)18(9-42)61-39)65-38-30(55)26(51)22(47)17(8-41)60-38/h1-6,16-19,21-23,25-31,33,35-48,50-56H,7-10H2. The van der Waals surface area contributed by atoms with Crippen molar-refractivity contribution in [2.45, 2.75) is 123 Å². The van der Waals surface area contributed by atoms with Crippen LogP contribution in [0.3, 0.4) is 0 Å². The summed E-state index contributed by atoms with van der Waals surface area (Å²) in [7, 11) is 0. The van der Waals surface area contributed by atoms with E-state index in [4.69, 9.17) is 42.3 Å². The van der Waals surface area contributed by atoms with E-state index in [1.165, 1.54) is 24.3 Å². The van der Waals surface area contributed by atoms with Crippen molar-refractivity contribution in [3.05, 3.63) is 46.6 Å². The molecule has 7 rings (SSSR count). The van der Waals surface area contributed by atoms with Crippen molar-refractivity contribution < 1.29 is 124 Å². The Kier molecular flexibility index (Phi) is 15.1. The van der Waals surface area contributed by atoms with Gasteiger partial charge in [0.1, 0.15) is 120 Å². The molecule has 0 spiro atoms. The van der Waals surface area contributed by atoms with E-state index in [0.29, 0.717) is 0 Å². The van der Waals surface area contributed by atoms with Crippen LogP contribution in [0, 0.1) is 0 Å². The molecule has 0 saturated carbocycles. The van der Waals surface area contributed by atoms with E-state index >= 15 is 0 Å². The first-order valence-electron chi connectivity index (χ1n) is 20.1. The molecule has 0 aliphatic carbocycles. The van der Waals surface area contributed by atoms with E-state index < -0.39 is 183 Å². The van der Waals surface area contributed by atoms with Gasteiger partial charge in [-0.25, -0.2) is 0 Å². The summed E-state index contributed by atoms with van der Waals surface area (Å²) >= 11 is 0. The minimum atomic E-state index is -2.05. The third-order valence-electron chi connectivity index (χ3n) is 11.4. The van der Waals surface area contributed by atoms with Gasteiger partial charge < -0.3 is 124 Å². The van der Waals surface area contributed by atoms with Gasteiger partial charge in [-0.05, 0) is 24.3 Å². The molecule has 16 N–H and O–H groups in total. The lowest BCUT2D eigenvalue weighted by atomic mass is 9.97. The summed E-state index contributed by atoms with van der Waals surface area (Å²) < 4.78 is 51.1. The maximum Gasteiger partial charge on any atom is 0.239 e. The zero-order chi connectivity index (χ0) is 47.2. The minimum absolute atomic E-state index is 0.0227. The Bertz CT molecular complexity index is 2120. The highest BCUT2D eigenvalue weighted by Crippen LogP contribution is 2.40. The van der Waals surface area contributed by atoms with E-state index in [1.54, 1.807) is 0 Å². The van der Waals surface area contributed by atoms with Crippen LogP contribution in [0.25, 0.3) is 22.3 Å². The Labute approximate surface area is 364 Å². The average Bonchev–Trinajstić information content (AvgIpc) is 3.29. The summed E-state index contributed by atoms with van der Waals surface area (Å²) in [6, 6.07) is 6.85. The van der Waals surface area contributed by atoms with Crippen molar-refractivity contribution in [3.8, 4) is 34.3 Å². The van der Waals surface area contributed by atoms with Crippen LogP contribution in [0.15, 0.2) is 45.6 Å². The average molecular weight is 935 g/mol. The maximum absolute atomic E-state index is 14.4. The zero-order valence-corrected chi connectivity index (χ0v) is 33.6. The summed E-state index contributed by atoms with van der Waals surface area (Å²) in [5.74, 6) is -2.69.